The van der Waals surface area contributed by atoms with Crippen LogP contribution in [0.5, 0.6) is 0 Å². The van der Waals surface area contributed by atoms with Crippen LogP contribution in [0.3, 0.4) is 0 Å². The first kappa shape index (κ1) is 11.9. The lowest BCUT2D eigenvalue weighted by Gasteiger charge is -1.99. The van der Waals surface area contributed by atoms with Gasteiger partial charge in [0.25, 0.3) is 10.0 Å². The van der Waals surface area contributed by atoms with Crippen molar-refractivity contribution in [2.75, 3.05) is 0 Å². The van der Waals surface area contributed by atoms with Gasteiger partial charge >= 0.3 is 0 Å². The van der Waals surface area contributed by atoms with Crippen LogP contribution in [0.4, 0.5) is 0 Å². The van der Waals surface area contributed by atoms with Crippen LogP contribution < -0.4 is 4.72 Å². The van der Waals surface area contributed by atoms with Crippen molar-refractivity contribution in [2.45, 2.75) is 11.4 Å². The topological polar surface area (TPSA) is 71.4 Å². The minimum atomic E-state index is -3.46. The van der Waals surface area contributed by atoms with Crippen LogP contribution in [0.1, 0.15) is 11.1 Å². The maximum absolute atomic E-state index is 11.9. The molecular weight excluding hydrogens is 262 g/mol. The molecule has 0 saturated carbocycles. The Balaban J connectivity index is 1.96. The summed E-state index contributed by atoms with van der Waals surface area (Å²) in [4.78, 5) is 8.59. The fourth-order valence-corrected chi connectivity index (χ4v) is 3.16. The van der Waals surface area contributed by atoms with Crippen LogP contribution in [0.2, 0.25) is 0 Å². The SMILES string of the molecule is O=S1(=O)NC(=NCc2cccnc2)c2ccccc21. The lowest BCUT2D eigenvalue weighted by molar-refractivity contribution is 0.595. The number of rotatable bonds is 2. The van der Waals surface area contributed by atoms with Gasteiger partial charge in [-0.2, -0.15) is 0 Å². The van der Waals surface area contributed by atoms with Gasteiger partial charge in [-0.25, -0.2) is 8.42 Å². The second kappa shape index (κ2) is 4.47. The van der Waals surface area contributed by atoms with Gasteiger partial charge in [0.15, 0.2) is 0 Å². The second-order valence-electron chi connectivity index (χ2n) is 4.13. The van der Waals surface area contributed by atoms with Crippen LogP contribution in [0.25, 0.3) is 0 Å². The van der Waals surface area contributed by atoms with E-state index >= 15 is 0 Å². The van der Waals surface area contributed by atoms with Crippen molar-refractivity contribution in [3.05, 3.63) is 59.9 Å². The Kier molecular flexibility index (Phi) is 2.79. The van der Waals surface area contributed by atoms with E-state index in [2.05, 4.69) is 14.7 Å². The molecule has 0 radical (unpaired) electrons. The summed E-state index contributed by atoms with van der Waals surface area (Å²) in [5.74, 6) is 0.388. The van der Waals surface area contributed by atoms with Gasteiger partial charge in [-0.3, -0.25) is 14.7 Å². The predicted molar refractivity (Wildman–Crippen MR) is 71.2 cm³/mol. The van der Waals surface area contributed by atoms with E-state index in [0.29, 0.717) is 17.9 Å². The van der Waals surface area contributed by atoms with Gasteiger partial charge in [-0.1, -0.05) is 18.2 Å². The van der Waals surface area contributed by atoms with Gasteiger partial charge in [0.05, 0.1) is 11.4 Å². The zero-order chi connectivity index (χ0) is 13.3. The molecule has 2 aromatic rings. The zero-order valence-electron chi connectivity index (χ0n) is 9.95. The van der Waals surface area contributed by atoms with Gasteiger partial charge in [0, 0.05) is 18.0 Å². The summed E-state index contributed by atoms with van der Waals surface area (Å²) in [6.07, 6.45) is 3.39. The molecule has 0 spiro atoms. The molecule has 19 heavy (non-hydrogen) atoms. The highest BCUT2D eigenvalue weighted by Gasteiger charge is 2.29. The summed E-state index contributed by atoms with van der Waals surface area (Å²) in [6.45, 7) is 0.389. The maximum atomic E-state index is 11.9. The van der Waals surface area contributed by atoms with E-state index in [0.717, 1.165) is 5.56 Å². The van der Waals surface area contributed by atoms with Gasteiger partial charge in [0.1, 0.15) is 5.84 Å². The monoisotopic (exact) mass is 273 g/mol. The van der Waals surface area contributed by atoms with Crippen molar-refractivity contribution in [1.29, 1.82) is 0 Å². The van der Waals surface area contributed by atoms with E-state index in [1.807, 2.05) is 12.1 Å². The third kappa shape index (κ3) is 2.22. The highest BCUT2D eigenvalue weighted by molar-refractivity contribution is 7.90. The Labute approximate surface area is 111 Å². The van der Waals surface area contributed by atoms with Crippen molar-refractivity contribution in [1.82, 2.24) is 9.71 Å². The standard InChI is InChI=1S/C13H11N3O2S/c17-19(18)12-6-2-1-5-11(12)13(16-19)15-9-10-4-3-7-14-8-10/h1-8H,9H2,(H,15,16). The third-order valence-corrected chi connectivity index (χ3v) is 4.20. The molecule has 0 saturated heterocycles. The molecule has 1 aliphatic heterocycles. The number of benzene rings is 1. The van der Waals surface area contributed by atoms with E-state index in [4.69, 9.17) is 0 Å². The second-order valence-corrected chi connectivity index (χ2v) is 5.78. The lowest BCUT2D eigenvalue weighted by atomic mass is 10.2. The van der Waals surface area contributed by atoms with Crippen LogP contribution in [-0.4, -0.2) is 19.2 Å². The van der Waals surface area contributed by atoms with Crippen molar-refractivity contribution in [3.8, 4) is 0 Å². The van der Waals surface area contributed by atoms with Crippen LogP contribution in [0, 0.1) is 0 Å². The number of hydrogen-bond donors (Lipinski definition) is 1. The first-order valence-electron chi connectivity index (χ1n) is 5.72. The molecule has 0 unspecified atom stereocenters. The molecule has 1 aliphatic rings. The largest absolute Gasteiger partial charge is 0.264 e. The van der Waals surface area contributed by atoms with E-state index < -0.39 is 10.0 Å². The molecule has 1 aromatic carbocycles. The molecule has 6 heteroatoms. The number of aromatic nitrogens is 1. The molecule has 2 heterocycles. The minimum absolute atomic E-state index is 0.278. The molecule has 5 nitrogen and oxygen atoms in total. The fourth-order valence-electron chi connectivity index (χ4n) is 1.91. The lowest BCUT2D eigenvalue weighted by Crippen LogP contribution is -2.22. The number of aliphatic imine (C=N–C) groups is 1. The summed E-state index contributed by atoms with van der Waals surface area (Å²) in [6, 6.07) is 10.5. The minimum Gasteiger partial charge on any atom is -0.264 e. The molecule has 96 valence electrons. The molecule has 0 fully saturated rings. The van der Waals surface area contributed by atoms with E-state index in [1.54, 1.807) is 36.7 Å². The number of sulfonamides is 1. The Morgan fingerprint density at radius 3 is 2.79 bits per heavy atom. The molecular formula is C13H11N3O2S. The number of hydrogen-bond acceptors (Lipinski definition) is 4. The smallest absolute Gasteiger partial charge is 0.263 e. The summed E-state index contributed by atoms with van der Waals surface area (Å²) in [7, 11) is -3.46. The Morgan fingerprint density at radius 2 is 2.00 bits per heavy atom. The van der Waals surface area contributed by atoms with Gasteiger partial charge in [0.2, 0.25) is 0 Å². The fraction of sp³-hybridized carbons (Fsp3) is 0.0769. The third-order valence-electron chi connectivity index (χ3n) is 2.81. The highest BCUT2D eigenvalue weighted by atomic mass is 32.2. The Bertz CT molecular complexity index is 739. The number of pyridine rings is 1. The van der Waals surface area contributed by atoms with Crippen molar-refractivity contribution in [3.63, 3.8) is 0 Å². The van der Waals surface area contributed by atoms with E-state index in [1.165, 1.54) is 0 Å². The van der Waals surface area contributed by atoms with E-state index in [9.17, 15) is 8.42 Å². The molecule has 0 bridgehead atoms. The Hall–Kier alpha value is -2.21. The quantitative estimate of drug-likeness (QED) is 0.897. The molecule has 1 aromatic heterocycles. The van der Waals surface area contributed by atoms with Crippen molar-refractivity contribution < 1.29 is 8.42 Å². The van der Waals surface area contributed by atoms with Gasteiger partial charge in [-0.15, -0.1) is 0 Å². The molecule has 0 amide bonds. The number of nitrogens with zero attached hydrogens (tertiary/aromatic N) is 2. The van der Waals surface area contributed by atoms with Crippen molar-refractivity contribution >= 4 is 15.9 Å². The van der Waals surface area contributed by atoms with Crippen LogP contribution in [-0.2, 0) is 16.6 Å². The summed E-state index contributed by atoms with van der Waals surface area (Å²) in [5.41, 5.74) is 1.55. The predicted octanol–water partition coefficient (Wildman–Crippen LogP) is 1.32. The maximum Gasteiger partial charge on any atom is 0.263 e. The molecule has 1 N–H and O–H groups in total. The van der Waals surface area contributed by atoms with Crippen LogP contribution in [0.15, 0.2) is 58.7 Å². The zero-order valence-corrected chi connectivity index (χ0v) is 10.8. The van der Waals surface area contributed by atoms with Crippen LogP contribution >= 0.6 is 0 Å². The summed E-state index contributed by atoms with van der Waals surface area (Å²) >= 11 is 0. The number of nitrogens with one attached hydrogen (secondary N) is 1. The number of amidine groups is 1. The average Bonchev–Trinajstić information content (AvgIpc) is 2.70. The van der Waals surface area contributed by atoms with Crippen molar-refractivity contribution in [2.24, 2.45) is 4.99 Å². The number of fused-ring (bicyclic) bond motifs is 1. The van der Waals surface area contributed by atoms with E-state index in [-0.39, 0.29) is 4.90 Å². The van der Waals surface area contributed by atoms with Gasteiger partial charge in [-0.05, 0) is 23.8 Å². The first-order valence-corrected chi connectivity index (χ1v) is 7.21. The molecule has 3 rings (SSSR count). The first-order chi connectivity index (χ1) is 9.17. The highest BCUT2D eigenvalue weighted by Crippen LogP contribution is 2.22. The molecule has 0 atom stereocenters. The molecule has 0 aliphatic carbocycles. The Morgan fingerprint density at radius 1 is 1.16 bits per heavy atom. The summed E-state index contributed by atoms with van der Waals surface area (Å²) < 4.78 is 26.2. The average molecular weight is 273 g/mol. The summed E-state index contributed by atoms with van der Waals surface area (Å²) in [5, 5.41) is 0. The van der Waals surface area contributed by atoms with Gasteiger partial charge < -0.3 is 0 Å². The normalized spacial score (nSPS) is 18.0.